The summed E-state index contributed by atoms with van der Waals surface area (Å²) in [6, 6.07) is 14.1. The van der Waals surface area contributed by atoms with Gasteiger partial charge in [0.2, 0.25) is 5.91 Å². The predicted octanol–water partition coefficient (Wildman–Crippen LogP) is 4.40. The van der Waals surface area contributed by atoms with Gasteiger partial charge in [0.05, 0.1) is 5.69 Å². The molecular formula is C18H21FN2OS. The lowest BCUT2D eigenvalue weighted by atomic mass is 10.2. The molecule has 0 radical (unpaired) electrons. The summed E-state index contributed by atoms with van der Waals surface area (Å²) in [5.41, 5.74) is 1.76. The van der Waals surface area contributed by atoms with Crippen LogP contribution in [0.1, 0.15) is 13.3 Å². The van der Waals surface area contributed by atoms with E-state index in [9.17, 15) is 9.18 Å². The molecule has 0 spiro atoms. The van der Waals surface area contributed by atoms with Crippen molar-refractivity contribution in [1.29, 1.82) is 0 Å². The van der Waals surface area contributed by atoms with Gasteiger partial charge in [-0.05, 0) is 49.6 Å². The average molecular weight is 332 g/mol. The molecule has 3 nitrogen and oxygen atoms in total. The molecule has 1 N–H and O–H groups in total. The number of nitrogens with one attached hydrogen (secondary N) is 1. The maximum Gasteiger partial charge on any atom is 0.226 e. The fourth-order valence-corrected chi connectivity index (χ4v) is 2.87. The van der Waals surface area contributed by atoms with Gasteiger partial charge in [0.1, 0.15) is 5.82 Å². The Balaban J connectivity index is 1.93. The largest absolute Gasteiger partial charge is 0.371 e. The Hall–Kier alpha value is -2.01. The molecule has 5 heteroatoms. The van der Waals surface area contributed by atoms with Gasteiger partial charge in [-0.25, -0.2) is 4.39 Å². The molecule has 122 valence electrons. The van der Waals surface area contributed by atoms with Crippen LogP contribution in [0.25, 0.3) is 0 Å². The topological polar surface area (TPSA) is 32.3 Å². The molecule has 0 aliphatic rings. The lowest BCUT2D eigenvalue weighted by molar-refractivity contribution is -0.116. The van der Waals surface area contributed by atoms with Gasteiger partial charge in [-0.2, -0.15) is 0 Å². The van der Waals surface area contributed by atoms with Crippen LogP contribution in [-0.4, -0.2) is 25.3 Å². The highest BCUT2D eigenvalue weighted by Crippen LogP contribution is 2.24. The normalized spacial score (nSPS) is 10.4. The molecule has 2 aromatic carbocycles. The van der Waals surface area contributed by atoms with E-state index in [1.165, 1.54) is 12.1 Å². The third-order valence-corrected chi connectivity index (χ3v) is 4.36. The minimum Gasteiger partial charge on any atom is -0.371 e. The third kappa shape index (κ3) is 4.99. The number of carbonyl (C=O) groups excluding carboxylic acids is 1. The first-order valence-electron chi connectivity index (χ1n) is 7.57. The van der Waals surface area contributed by atoms with Crippen molar-refractivity contribution >= 4 is 29.0 Å². The van der Waals surface area contributed by atoms with Gasteiger partial charge in [0.25, 0.3) is 0 Å². The molecule has 0 aliphatic heterocycles. The SMILES string of the molecule is CCN(CCC(=O)Nc1ccccc1SC)c1ccc(F)cc1. The Morgan fingerprint density at radius 3 is 2.52 bits per heavy atom. The first-order valence-corrected chi connectivity index (χ1v) is 8.80. The van der Waals surface area contributed by atoms with Crippen molar-refractivity contribution in [2.75, 3.05) is 29.6 Å². The highest BCUT2D eigenvalue weighted by molar-refractivity contribution is 7.98. The van der Waals surface area contributed by atoms with Crippen molar-refractivity contribution in [3.63, 3.8) is 0 Å². The van der Waals surface area contributed by atoms with Crippen LogP contribution >= 0.6 is 11.8 Å². The molecule has 0 fully saturated rings. The molecule has 0 aromatic heterocycles. The number of rotatable bonds is 7. The monoisotopic (exact) mass is 332 g/mol. The minimum absolute atomic E-state index is 0.0212. The second-order valence-corrected chi connectivity index (χ2v) is 5.90. The predicted molar refractivity (Wildman–Crippen MR) is 95.8 cm³/mol. The number of para-hydroxylation sites is 1. The van der Waals surface area contributed by atoms with E-state index in [1.807, 2.05) is 37.4 Å². The molecule has 0 heterocycles. The van der Waals surface area contributed by atoms with E-state index >= 15 is 0 Å². The van der Waals surface area contributed by atoms with E-state index in [4.69, 9.17) is 0 Å². The fraction of sp³-hybridized carbons (Fsp3) is 0.278. The summed E-state index contributed by atoms with van der Waals surface area (Å²) < 4.78 is 13.0. The zero-order valence-corrected chi connectivity index (χ0v) is 14.2. The molecule has 0 unspecified atom stereocenters. The molecular weight excluding hydrogens is 311 g/mol. The molecule has 0 saturated carbocycles. The highest BCUT2D eigenvalue weighted by Gasteiger charge is 2.10. The van der Waals surface area contributed by atoms with E-state index in [0.717, 1.165) is 22.8 Å². The van der Waals surface area contributed by atoms with Crippen molar-refractivity contribution in [3.8, 4) is 0 Å². The zero-order chi connectivity index (χ0) is 16.7. The van der Waals surface area contributed by atoms with Crippen LogP contribution in [0.15, 0.2) is 53.4 Å². The van der Waals surface area contributed by atoms with Crippen LogP contribution in [0.2, 0.25) is 0 Å². The summed E-state index contributed by atoms with van der Waals surface area (Å²) in [6.45, 7) is 3.37. The Bertz CT molecular complexity index is 646. The van der Waals surface area contributed by atoms with E-state index < -0.39 is 0 Å². The number of thioether (sulfide) groups is 1. The van der Waals surface area contributed by atoms with Crippen LogP contribution in [0.3, 0.4) is 0 Å². The molecule has 0 bridgehead atoms. The highest BCUT2D eigenvalue weighted by atomic mass is 32.2. The number of benzene rings is 2. The second-order valence-electron chi connectivity index (χ2n) is 5.05. The van der Waals surface area contributed by atoms with Crippen LogP contribution in [0.5, 0.6) is 0 Å². The van der Waals surface area contributed by atoms with Crippen LogP contribution in [-0.2, 0) is 4.79 Å². The van der Waals surface area contributed by atoms with Gasteiger partial charge in [-0.3, -0.25) is 4.79 Å². The number of nitrogens with zero attached hydrogens (tertiary/aromatic N) is 1. The van der Waals surface area contributed by atoms with Crippen molar-refractivity contribution in [2.45, 2.75) is 18.2 Å². The number of carbonyl (C=O) groups is 1. The Morgan fingerprint density at radius 1 is 1.17 bits per heavy atom. The Labute approximate surface area is 140 Å². The summed E-state index contributed by atoms with van der Waals surface area (Å²) in [5, 5.41) is 2.96. The standard InChI is InChI=1S/C18H21FN2OS/c1-3-21(15-10-8-14(19)9-11-15)13-12-18(22)20-16-6-4-5-7-17(16)23-2/h4-11H,3,12-13H2,1-2H3,(H,20,22). The van der Waals surface area contributed by atoms with Crippen molar-refractivity contribution < 1.29 is 9.18 Å². The van der Waals surface area contributed by atoms with Crippen LogP contribution in [0, 0.1) is 5.82 Å². The van der Waals surface area contributed by atoms with Crippen molar-refractivity contribution in [3.05, 3.63) is 54.3 Å². The third-order valence-electron chi connectivity index (χ3n) is 3.56. The maximum atomic E-state index is 13.0. The molecule has 0 aliphatic carbocycles. The van der Waals surface area contributed by atoms with Gasteiger partial charge in [0, 0.05) is 30.1 Å². The number of hydrogen-bond donors (Lipinski definition) is 1. The fourth-order valence-electron chi connectivity index (χ4n) is 2.32. The van der Waals surface area contributed by atoms with Crippen LogP contribution < -0.4 is 10.2 Å². The van der Waals surface area contributed by atoms with E-state index in [0.29, 0.717) is 13.0 Å². The van der Waals surface area contributed by atoms with Gasteiger partial charge >= 0.3 is 0 Å². The van der Waals surface area contributed by atoms with Gasteiger partial charge in [-0.15, -0.1) is 11.8 Å². The quantitative estimate of drug-likeness (QED) is 0.763. The summed E-state index contributed by atoms with van der Waals surface area (Å²) in [4.78, 5) is 15.3. The number of amides is 1. The molecule has 23 heavy (non-hydrogen) atoms. The summed E-state index contributed by atoms with van der Waals surface area (Å²) in [5.74, 6) is -0.275. The maximum absolute atomic E-state index is 13.0. The molecule has 2 aromatic rings. The van der Waals surface area contributed by atoms with Gasteiger partial charge < -0.3 is 10.2 Å². The van der Waals surface area contributed by atoms with Crippen molar-refractivity contribution in [2.24, 2.45) is 0 Å². The number of hydrogen-bond acceptors (Lipinski definition) is 3. The molecule has 2 rings (SSSR count). The van der Waals surface area contributed by atoms with E-state index in [2.05, 4.69) is 10.2 Å². The number of anilines is 2. The minimum atomic E-state index is -0.254. The lowest BCUT2D eigenvalue weighted by Crippen LogP contribution is -2.27. The van der Waals surface area contributed by atoms with Crippen LogP contribution in [0.4, 0.5) is 15.8 Å². The molecule has 1 amide bonds. The van der Waals surface area contributed by atoms with Gasteiger partial charge in [0.15, 0.2) is 0 Å². The first-order chi connectivity index (χ1) is 11.1. The smallest absolute Gasteiger partial charge is 0.226 e. The van der Waals surface area contributed by atoms with E-state index in [-0.39, 0.29) is 11.7 Å². The molecule has 0 atom stereocenters. The lowest BCUT2D eigenvalue weighted by Gasteiger charge is -2.23. The van der Waals surface area contributed by atoms with E-state index in [1.54, 1.807) is 23.9 Å². The number of halogens is 1. The molecule has 0 saturated heterocycles. The van der Waals surface area contributed by atoms with Gasteiger partial charge in [-0.1, -0.05) is 12.1 Å². The Kier molecular flexibility index (Phi) is 6.47. The summed E-state index contributed by atoms with van der Waals surface area (Å²) >= 11 is 1.60. The zero-order valence-electron chi connectivity index (χ0n) is 13.4. The second kappa shape index (κ2) is 8.58. The van der Waals surface area contributed by atoms with Crippen molar-refractivity contribution in [1.82, 2.24) is 0 Å². The summed E-state index contributed by atoms with van der Waals surface area (Å²) in [7, 11) is 0. The summed E-state index contributed by atoms with van der Waals surface area (Å²) in [6.07, 6.45) is 2.37. The first kappa shape index (κ1) is 17.3. The Morgan fingerprint density at radius 2 is 1.87 bits per heavy atom. The average Bonchev–Trinajstić information content (AvgIpc) is 2.57.